The molecule has 1 rings (SSSR count). The summed E-state index contributed by atoms with van der Waals surface area (Å²) in [5, 5.41) is 8.58. The minimum Gasteiger partial charge on any atom is -0.477 e. The Hall–Kier alpha value is -1.23. The Kier molecular flexibility index (Phi) is 1.74. The molecule has 0 aromatic carbocycles. The second-order valence-corrected chi connectivity index (χ2v) is 3.34. The first-order valence-electron chi connectivity index (χ1n) is 2.91. The molecule has 0 spiro atoms. The predicted molar refractivity (Wildman–Crippen MR) is 44.8 cm³/mol. The van der Waals surface area contributed by atoms with Crippen LogP contribution in [0.3, 0.4) is 0 Å². The number of aryl methyl sites for hydroxylation is 1. The largest absolute Gasteiger partial charge is 0.477 e. The molecule has 4 nitrogen and oxygen atoms in total. The zero-order valence-electron chi connectivity index (χ0n) is 5.92. The van der Waals surface area contributed by atoms with Gasteiger partial charge in [0.2, 0.25) is 0 Å². The van der Waals surface area contributed by atoms with Crippen molar-refractivity contribution in [2.45, 2.75) is 6.92 Å². The van der Waals surface area contributed by atoms with E-state index >= 15 is 0 Å². The number of carbonyl (C=O) groups is 1. The monoisotopic (exact) mass is 172 g/mol. The third-order valence-corrected chi connectivity index (χ3v) is 2.49. The number of aromatic carboxylic acids is 1. The predicted octanol–water partition coefficient (Wildman–Crippen LogP) is 0.919. The number of carboxylic acids is 1. The zero-order valence-corrected chi connectivity index (χ0v) is 6.73. The summed E-state index contributed by atoms with van der Waals surface area (Å²) in [6.45, 7) is 1.74. The van der Waals surface area contributed by atoms with Gasteiger partial charge in [-0.15, -0.1) is 11.3 Å². The molecular formula is C6H8N2O2S. The summed E-state index contributed by atoms with van der Waals surface area (Å²) >= 11 is 1.10. The first-order chi connectivity index (χ1) is 5.04. The Bertz CT molecular complexity index is 306. The minimum absolute atomic E-state index is 0.125. The molecule has 0 bridgehead atoms. The number of hydrogen-bond acceptors (Lipinski definition) is 4. The van der Waals surface area contributed by atoms with Gasteiger partial charge in [0.05, 0.1) is 11.4 Å². The lowest BCUT2D eigenvalue weighted by Crippen LogP contribution is -1.99. The van der Waals surface area contributed by atoms with E-state index in [4.69, 9.17) is 16.6 Å². The van der Waals surface area contributed by atoms with Gasteiger partial charge in [-0.2, -0.15) is 0 Å². The van der Waals surface area contributed by atoms with Crippen LogP contribution in [0, 0.1) is 6.92 Å². The molecule has 1 aromatic rings. The first-order valence-corrected chi connectivity index (χ1v) is 3.73. The van der Waals surface area contributed by atoms with Gasteiger partial charge in [0.25, 0.3) is 0 Å². The van der Waals surface area contributed by atoms with Gasteiger partial charge < -0.3 is 16.6 Å². The van der Waals surface area contributed by atoms with E-state index in [0.717, 1.165) is 16.2 Å². The number of thiophene rings is 1. The molecule has 0 aliphatic rings. The van der Waals surface area contributed by atoms with Crippen LogP contribution in [-0.4, -0.2) is 11.1 Å². The molecule has 0 radical (unpaired) electrons. The molecule has 0 aliphatic heterocycles. The van der Waals surface area contributed by atoms with Crippen molar-refractivity contribution in [3.63, 3.8) is 0 Å². The van der Waals surface area contributed by atoms with E-state index in [1.807, 2.05) is 0 Å². The SMILES string of the molecule is Cc1sc(C(=O)O)c(N)c1N. The van der Waals surface area contributed by atoms with E-state index in [2.05, 4.69) is 0 Å². The van der Waals surface area contributed by atoms with E-state index in [9.17, 15) is 4.79 Å². The van der Waals surface area contributed by atoms with E-state index in [1.54, 1.807) is 6.92 Å². The summed E-state index contributed by atoms with van der Waals surface area (Å²) in [6, 6.07) is 0. The van der Waals surface area contributed by atoms with Crippen LogP contribution in [0.2, 0.25) is 0 Å². The maximum Gasteiger partial charge on any atom is 0.348 e. The van der Waals surface area contributed by atoms with Crippen molar-refractivity contribution in [2.75, 3.05) is 11.5 Å². The van der Waals surface area contributed by atoms with Crippen LogP contribution in [0.25, 0.3) is 0 Å². The highest BCUT2D eigenvalue weighted by atomic mass is 32.1. The average Bonchev–Trinajstić information content (AvgIpc) is 2.17. The smallest absolute Gasteiger partial charge is 0.348 e. The molecule has 1 heterocycles. The fourth-order valence-electron chi connectivity index (χ4n) is 0.734. The van der Waals surface area contributed by atoms with E-state index in [1.165, 1.54) is 0 Å². The van der Waals surface area contributed by atoms with Gasteiger partial charge >= 0.3 is 5.97 Å². The Morgan fingerprint density at radius 1 is 1.45 bits per heavy atom. The fraction of sp³-hybridized carbons (Fsp3) is 0.167. The number of carboxylic acid groups (broad SMARTS) is 1. The molecule has 0 saturated heterocycles. The summed E-state index contributed by atoms with van der Waals surface area (Å²) in [5.41, 5.74) is 11.4. The summed E-state index contributed by atoms with van der Waals surface area (Å²) in [4.78, 5) is 11.3. The molecule has 5 N–H and O–H groups in total. The third-order valence-electron chi connectivity index (χ3n) is 1.36. The van der Waals surface area contributed by atoms with E-state index in [-0.39, 0.29) is 10.6 Å². The van der Waals surface area contributed by atoms with Gasteiger partial charge in [0, 0.05) is 4.88 Å². The van der Waals surface area contributed by atoms with Crippen molar-refractivity contribution in [3.8, 4) is 0 Å². The summed E-state index contributed by atoms with van der Waals surface area (Å²) in [7, 11) is 0. The molecule has 0 saturated carbocycles. The normalized spacial score (nSPS) is 9.91. The van der Waals surface area contributed by atoms with Crippen molar-refractivity contribution in [1.82, 2.24) is 0 Å². The lowest BCUT2D eigenvalue weighted by molar-refractivity contribution is 0.0703. The van der Waals surface area contributed by atoms with Crippen molar-refractivity contribution in [3.05, 3.63) is 9.75 Å². The molecular weight excluding hydrogens is 164 g/mol. The van der Waals surface area contributed by atoms with Crippen molar-refractivity contribution < 1.29 is 9.90 Å². The van der Waals surface area contributed by atoms with Crippen LogP contribution in [0.5, 0.6) is 0 Å². The number of anilines is 2. The molecule has 5 heteroatoms. The van der Waals surface area contributed by atoms with Crippen LogP contribution in [0.15, 0.2) is 0 Å². The molecule has 0 amide bonds. The van der Waals surface area contributed by atoms with Gasteiger partial charge in [-0.1, -0.05) is 0 Å². The third kappa shape index (κ3) is 1.14. The van der Waals surface area contributed by atoms with Crippen LogP contribution in [-0.2, 0) is 0 Å². The van der Waals surface area contributed by atoms with Gasteiger partial charge in [-0.3, -0.25) is 0 Å². The Balaban J connectivity index is 3.29. The standard InChI is InChI=1S/C6H8N2O2S/c1-2-3(7)4(8)5(11-2)6(9)10/h7-8H2,1H3,(H,9,10). The molecule has 11 heavy (non-hydrogen) atoms. The quantitative estimate of drug-likeness (QED) is 0.587. The fourth-order valence-corrected chi connectivity index (χ4v) is 1.57. The molecule has 1 aromatic heterocycles. The lowest BCUT2D eigenvalue weighted by atomic mass is 10.3. The van der Waals surface area contributed by atoms with Crippen LogP contribution < -0.4 is 11.5 Å². The Morgan fingerprint density at radius 2 is 2.00 bits per heavy atom. The van der Waals surface area contributed by atoms with Gasteiger partial charge in [0.15, 0.2) is 0 Å². The Morgan fingerprint density at radius 3 is 2.18 bits per heavy atom. The molecule has 60 valence electrons. The first kappa shape index (κ1) is 7.87. The highest BCUT2D eigenvalue weighted by Crippen LogP contribution is 2.32. The van der Waals surface area contributed by atoms with Gasteiger partial charge in [-0.05, 0) is 6.92 Å². The minimum atomic E-state index is -1.02. The number of nitrogens with two attached hydrogens (primary N) is 2. The highest BCUT2D eigenvalue weighted by molar-refractivity contribution is 7.15. The topological polar surface area (TPSA) is 89.3 Å². The van der Waals surface area contributed by atoms with E-state index < -0.39 is 5.97 Å². The molecule has 0 fully saturated rings. The van der Waals surface area contributed by atoms with Crippen molar-refractivity contribution in [1.29, 1.82) is 0 Å². The Labute approximate surface area is 67.4 Å². The number of hydrogen-bond donors (Lipinski definition) is 3. The highest BCUT2D eigenvalue weighted by Gasteiger charge is 2.15. The molecule has 0 aliphatic carbocycles. The lowest BCUT2D eigenvalue weighted by Gasteiger charge is -1.91. The average molecular weight is 172 g/mol. The summed E-state index contributed by atoms with van der Waals surface area (Å²) in [5.74, 6) is -1.02. The van der Waals surface area contributed by atoms with Crippen molar-refractivity contribution >= 4 is 28.7 Å². The van der Waals surface area contributed by atoms with Crippen molar-refractivity contribution in [2.24, 2.45) is 0 Å². The van der Waals surface area contributed by atoms with Crippen LogP contribution in [0.1, 0.15) is 14.5 Å². The summed E-state index contributed by atoms with van der Waals surface area (Å²) in [6.07, 6.45) is 0. The van der Waals surface area contributed by atoms with Crippen LogP contribution in [0.4, 0.5) is 11.4 Å². The van der Waals surface area contributed by atoms with E-state index in [0.29, 0.717) is 5.69 Å². The zero-order chi connectivity index (χ0) is 8.59. The second-order valence-electron chi connectivity index (χ2n) is 2.12. The summed E-state index contributed by atoms with van der Waals surface area (Å²) < 4.78 is 0. The molecule has 0 unspecified atom stereocenters. The number of rotatable bonds is 1. The second kappa shape index (κ2) is 2.43. The molecule has 0 atom stereocenters. The van der Waals surface area contributed by atoms with Gasteiger partial charge in [0.1, 0.15) is 4.88 Å². The maximum atomic E-state index is 10.5. The van der Waals surface area contributed by atoms with Crippen LogP contribution >= 0.6 is 11.3 Å². The number of nitrogen functional groups attached to an aromatic ring is 2. The van der Waals surface area contributed by atoms with Gasteiger partial charge in [-0.25, -0.2) is 4.79 Å². The maximum absolute atomic E-state index is 10.5.